The number of pyridine rings is 1. The summed E-state index contributed by atoms with van der Waals surface area (Å²) in [6.45, 7) is 4.02. The van der Waals surface area contributed by atoms with Crippen molar-refractivity contribution in [3.63, 3.8) is 0 Å². The Morgan fingerprint density at radius 3 is 2.74 bits per heavy atom. The van der Waals surface area contributed by atoms with Crippen LogP contribution in [-0.4, -0.2) is 25.1 Å². The standard InChI is InChI=1S/C27H22BrN5O/c1-17-5-3-6-20(11-17)24(34)13-19-9-8-18(2)22(12-19)31-26-27-30-15-25(28)33(27)16-23(32-26)21-7-4-10-29-14-21/h3-12,14-16H,13H2,1-2H3,(H,31,32). The van der Waals surface area contributed by atoms with E-state index < -0.39 is 0 Å². The van der Waals surface area contributed by atoms with Gasteiger partial charge in [-0.15, -0.1) is 0 Å². The third-order valence-electron chi connectivity index (χ3n) is 5.66. The summed E-state index contributed by atoms with van der Waals surface area (Å²) in [5.41, 5.74) is 7.03. The molecular formula is C27H22BrN5O. The van der Waals surface area contributed by atoms with E-state index in [-0.39, 0.29) is 5.78 Å². The lowest BCUT2D eigenvalue weighted by atomic mass is 10.00. The molecule has 0 aliphatic heterocycles. The van der Waals surface area contributed by atoms with Crippen molar-refractivity contribution >= 4 is 38.9 Å². The van der Waals surface area contributed by atoms with Gasteiger partial charge >= 0.3 is 0 Å². The summed E-state index contributed by atoms with van der Waals surface area (Å²) >= 11 is 3.57. The van der Waals surface area contributed by atoms with Gasteiger partial charge < -0.3 is 5.32 Å². The van der Waals surface area contributed by atoms with Gasteiger partial charge in [0.2, 0.25) is 0 Å². The van der Waals surface area contributed by atoms with Crippen molar-refractivity contribution in [2.24, 2.45) is 0 Å². The van der Waals surface area contributed by atoms with Gasteiger partial charge in [-0.2, -0.15) is 0 Å². The zero-order valence-corrected chi connectivity index (χ0v) is 20.4. The minimum absolute atomic E-state index is 0.0924. The molecule has 0 unspecified atom stereocenters. The summed E-state index contributed by atoms with van der Waals surface area (Å²) in [6, 6.07) is 17.6. The summed E-state index contributed by atoms with van der Waals surface area (Å²) < 4.78 is 2.77. The summed E-state index contributed by atoms with van der Waals surface area (Å²) in [4.78, 5) is 26.4. The Bertz CT molecular complexity index is 1510. The number of halogens is 1. The largest absolute Gasteiger partial charge is 0.337 e. The lowest BCUT2D eigenvalue weighted by molar-refractivity contribution is 0.0993. The second kappa shape index (κ2) is 9.19. The van der Waals surface area contributed by atoms with Crippen molar-refractivity contribution in [2.75, 3.05) is 5.32 Å². The van der Waals surface area contributed by atoms with Gasteiger partial charge in [0.05, 0.1) is 11.9 Å². The van der Waals surface area contributed by atoms with Crippen LogP contribution in [0.5, 0.6) is 0 Å². The monoisotopic (exact) mass is 511 g/mol. The predicted molar refractivity (Wildman–Crippen MR) is 138 cm³/mol. The van der Waals surface area contributed by atoms with Crippen molar-refractivity contribution in [3.8, 4) is 11.3 Å². The fourth-order valence-electron chi connectivity index (χ4n) is 3.84. The highest BCUT2D eigenvalue weighted by Gasteiger charge is 2.14. The Balaban J connectivity index is 1.50. The van der Waals surface area contributed by atoms with Crippen molar-refractivity contribution in [3.05, 3.63) is 106 Å². The van der Waals surface area contributed by atoms with Crippen LogP contribution in [0.2, 0.25) is 0 Å². The number of Topliss-reactive ketones (excluding diaryl/α,β-unsaturated/α-hetero) is 1. The molecule has 5 rings (SSSR count). The number of benzene rings is 2. The molecule has 0 aliphatic carbocycles. The Hall–Kier alpha value is -3.84. The topological polar surface area (TPSA) is 72.2 Å². The molecule has 0 saturated heterocycles. The summed E-state index contributed by atoms with van der Waals surface area (Å²) in [7, 11) is 0. The number of ketones is 1. The Kier molecular flexibility index (Phi) is 5.94. The van der Waals surface area contributed by atoms with Gasteiger partial charge in [0.25, 0.3) is 0 Å². The minimum atomic E-state index is 0.0924. The second-order valence-electron chi connectivity index (χ2n) is 8.23. The van der Waals surface area contributed by atoms with Crippen molar-refractivity contribution in [1.82, 2.24) is 19.4 Å². The molecule has 2 aromatic carbocycles. The number of hydrogen-bond donors (Lipinski definition) is 1. The summed E-state index contributed by atoms with van der Waals surface area (Å²) in [5, 5.41) is 3.45. The quantitative estimate of drug-likeness (QED) is 0.269. The smallest absolute Gasteiger partial charge is 0.181 e. The molecule has 1 N–H and O–H groups in total. The van der Waals surface area contributed by atoms with Gasteiger partial charge in [0.1, 0.15) is 4.60 Å². The van der Waals surface area contributed by atoms with Gasteiger partial charge in [-0.25, -0.2) is 9.97 Å². The van der Waals surface area contributed by atoms with Crippen LogP contribution in [0.3, 0.4) is 0 Å². The third kappa shape index (κ3) is 4.47. The highest BCUT2D eigenvalue weighted by atomic mass is 79.9. The second-order valence-corrected chi connectivity index (χ2v) is 9.05. The molecule has 0 amide bonds. The molecule has 0 atom stereocenters. The zero-order chi connectivity index (χ0) is 23.7. The summed E-state index contributed by atoms with van der Waals surface area (Å²) in [5.74, 6) is 0.715. The first-order valence-corrected chi connectivity index (χ1v) is 11.7. The van der Waals surface area contributed by atoms with E-state index in [2.05, 4.69) is 31.2 Å². The number of aryl methyl sites for hydroxylation is 2. The van der Waals surface area contributed by atoms with E-state index in [0.29, 0.717) is 17.9 Å². The van der Waals surface area contributed by atoms with Crippen LogP contribution in [0.15, 0.2) is 84.0 Å². The first-order valence-electron chi connectivity index (χ1n) is 10.9. The Morgan fingerprint density at radius 2 is 1.94 bits per heavy atom. The number of nitrogens with zero attached hydrogens (tertiary/aromatic N) is 4. The number of rotatable bonds is 6. The van der Waals surface area contributed by atoms with Crippen LogP contribution in [-0.2, 0) is 6.42 Å². The molecule has 0 bridgehead atoms. The molecule has 34 heavy (non-hydrogen) atoms. The van der Waals surface area contributed by atoms with Gasteiger partial charge in [-0.1, -0.05) is 35.9 Å². The maximum atomic E-state index is 12.8. The lowest BCUT2D eigenvalue weighted by Crippen LogP contribution is -2.06. The third-order valence-corrected chi connectivity index (χ3v) is 6.25. The minimum Gasteiger partial charge on any atom is -0.337 e. The molecule has 3 heterocycles. The molecule has 3 aromatic heterocycles. The van der Waals surface area contributed by atoms with Crippen molar-refractivity contribution in [1.29, 1.82) is 0 Å². The van der Waals surface area contributed by atoms with Crippen LogP contribution in [0.4, 0.5) is 11.5 Å². The van der Waals surface area contributed by atoms with E-state index in [9.17, 15) is 4.79 Å². The van der Waals surface area contributed by atoms with Gasteiger partial charge in [-0.05, 0) is 65.2 Å². The van der Waals surface area contributed by atoms with Gasteiger partial charge in [0, 0.05) is 41.8 Å². The van der Waals surface area contributed by atoms with Crippen LogP contribution >= 0.6 is 15.9 Å². The van der Waals surface area contributed by atoms with E-state index in [1.807, 2.05) is 79.0 Å². The van der Waals surface area contributed by atoms with E-state index in [0.717, 1.165) is 43.8 Å². The zero-order valence-electron chi connectivity index (χ0n) is 18.8. The van der Waals surface area contributed by atoms with Crippen LogP contribution in [0.1, 0.15) is 27.0 Å². The first-order chi connectivity index (χ1) is 16.5. The maximum Gasteiger partial charge on any atom is 0.181 e. The van der Waals surface area contributed by atoms with Crippen molar-refractivity contribution in [2.45, 2.75) is 20.3 Å². The number of hydrogen-bond acceptors (Lipinski definition) is 5. The lowest BCUT2D eigenvalue weighted by Gasteiger charge is -2.13. The number of carbonyl (C=O) groups is 1. The molecule has 7 heteroatoms. The summed E-state index contributed by atoms with van der Waals surface area (Å²) in [6.07, 6.45) is 7.52. The van der Waals surface area contributed by atoms with E-state index in [4.69, 9.17) is 4.98 Å². The fraction of sp³-hybridized carbons (Fsp3) is 0.111. The SMILES string of the molecule is Cc1cccc(C(=O)Cc2ccc(C)c(Nc3nc(-c4cccnc4)cn4c(Br)cnc34)c2)c1. The highest BCUT2D eigenvalue weighted by molar-refractivity contribution is 9.10. The maximum absolute atomic E-state index is 12.8. The molecule has 6 nitrogen and oxygen atoms in total. The average Bonchev–Trinajstić information content (AvgIpc) is 3.22. The van der Waals surface area contributed by atoms with Crippen molar-refractivity contribution < 1.29 is 4.79 Å². The normalized spacial score (nSPS) is 11.0. The molecule has 0 spiro atoms. The van der Waals surface area contributed by atoms with Gasteiger partial charge in [-0.3, -0.25) is 14.2 Å². The van der Waals surface area contributed by atoms with E-state index >= 15 is 0 Å². The number of fused-ring (bicyclic) bond motifs is 1. The van der Waals surface area contributed by atoms with Crippen LogP contribution in [0, 0.1) is 13.8 Å². The molecule has 168 valence electrons. The van der Waals surface area contributed by atoms with E-state index in [1.165, 1.54) is 0 Å². The molecule has 0 radical (unpaired) electrons. The Labute approximate surface area is 205 Å². The molecule has 0 fully saturated rings. The Morgan fingerprint density at radius 1 is 1.06 bits per heavy atom. The number of aromatic nitrogens is 4. The predicted octanol–water partition coefficient (Wildman–Crippen LogP) is 6.34. The number of anilines is 2. The number of imidazole rings is 1. The molecule has 0 saturated carbocycles. The average molecular weight is 512 g/mol. The molecule has 0 aliphatic rings. The number of nitrogens with one attached hydrogen (secondary N) is 1. The first kappa shape index (κ1) is 22.0. The highest BCUT2D eigenvalue weighted by Crippen LogP contribution is 2.28. The van der Waals surface area contributed by atoms with E-state index in [1.54, 1.807) is 18.6 Å². The molecular weight excluding hydrogens is 490 g/mol. The van der Waals surface area contributed by atoms with Crippen LogP contribution in [0.25, 0.3) is 16.9 Å². The fourth-order valence-corrected chi connectivity index (χ4v) is 4.22. The molecule has 5 aromatic rings. The van der Waals surface area contributed by atoms with Gasteiger partial charge in [0.15, 0.2) is 17.2 Å². The number of carbonyl (C=O) groups excluding carboxylic acids is 1. The van der Waals surface area contributed by atoms with Crippen LogP contribution < -0.4 is 5.32 Å².